The van der Waals surface area contributed by atoms with Gasteiger partial charge in [0.25, 0.3) is 0 Å². The van der Waals surface area contributed by atoms with Crippen molar-refractivity contribution in [3.63, 3.8) is 0 Å². The number of nitrogens with zero attached hydrogens (tertiary/aromatic N) is 2. The van der Waals surface area contributed by atoms with Crippen LogP contribution in [0.15, 0.2) is 41.6 Å². The minimum Gasteiger partial charge on any atom is -0.496 e. The summed E-state index contributed by atoms with van der Waals surface area (Å²) in [5, 5.41) is 6.29. The van der Waals surface area contributed by atoms with Gasteiger partial charge >= 0.3 is 0 Å². The fraction of sp³-hybridized carbons (Fsp3) is 0.357. The maximum absolute atomic E-state index is 12.7. The maximum atomic E-state index is 12.7. The van der Waals surface area contributed by atoms with Crippen LogP contribution in [-0.2, 0) is 16.6 Å². The Labute approximate surface area is 123 Å². The molecule has 3 rings (SSSR count). The molecule has 21 heavy (non-hydrogen) atoms. The number of hydrogen-bond donors (Lipinski definition) is 1. The highest BCUT2D eigenvalue weighted by Gasteiger charge is 2.38. The third-order valence-corrected chi connectivity index (χ3v) is 5.42. The first-order valence-corrected chi connectivity index (χ1v) is 8.19. The van der Waals surface area contributed by atoms with Gasteiger partial charge in [0.1, 0.15) is 10.6 Å². The molecule has 1 fully saturated rings. The smallest absolute Gasteiger partial charge is 0.246 e. The highest BCUT2D eigenvalue weighted by atomic mass is 32.2. The molecular formula is C14H17N3O3S. The van der Waals surface area contributed by atoms with Crippen molar-refractivity contribution in [2.24, 2.45) is 0 Å². The van der Waals surface area contributed by atoms with Gasteiger partial charge in [0.2, 0.25) is 10.0 Å². The quantitative estimate of drug-likeness (QED) is 0.882. The summed E-state index contributed by atoms with van der Waals surface area (Å²) in [5.41, 5.74) is 0.860. The molecule has 0 amide bonds. The minimum atomic E-state index is -3.53. The molecule has 0 saturated heterocycles. The molecule has 1 aromatic heterocycles. The van der Waals surface area contributed by atoms with Gasteiger partial charge in [-0.1, -0.05) is 18.2 Å². The Morgan fingerprint density at radius 2 is 2.14 bits per heavy atom. The second-order valence-corrected chi connectivity index (χ2v) is 6.92. The first kappa shape index (κ1) is 14.1. The maximum Gasteiger partial charge on any atom is 0.246 e. The molecule has 0 aliphatic heterocycles. The van der Waals surface area contributed by atoms with E-state index in [1.54, 1.807) is 7.11 Å². The Morgan fingerprint density at radius 3 is 2.76 bits per heavy atom. The van der Waals surface area contributed by atoms with Crippen LogP contribution in [0.3, 0.4) is 0 Å². The Hall–Kier alpha value is -1.86. The summed E-state index contributed by atoms with van der Waals surface area (Å²) in [7, 11) is -1.95. The lowest BCUT2D eigenvalue weighted by atomic mass is 10.2. The topological polar surface area (TPSA) is 75.3 Å². The third-order valence-electron chi connectivity index (χ3n) is 3.55. The van der Waals surface area contributed by atoms with Crippen molar-refractivity contribution in [2.45, 2.75) is 30.3 Å². The molecule has 1 N–H and O–H groups in total. The number of ether oxygens (including phenoxy) is 1. The fourth-order valence-electron chi connectivity index (χ4n) is 2.29. The SMILES string of the molecule is COc1ccccc1CN(C1CC1)S(=O)(=O)c1cn[nH]c1. The van der Waals surface area contributed by atoms with Crippen LogP contribution in [0.25, 0.3) is 0 Å². The normalized spacial score (nSPS) is 15.3. The average Bonchev–Trinajstić information content (AvgIpc) is 3.16. The van der Waals surface area contributed by atoms with Gasteiger partial charge < -0.3 is 4.74 Å². The molecule has 1 heterocycles. The van der Waals surface area contributed by atoms with E-state index < -0.39 is 10.0 Å². The molecule has 112 valence electrons. The number of para-hydroxylation sites is 1. The zero-order valence-corrected chi connectivity index (χ0v) is 12.5. The summed E-state index contributed by atoms with van der Waals surface area (Å²) in [6.07, 6.45) is 4.54. The Bertz CT molecular complexity index is 709. The Morgan fingerprint density at radius 1 is 1.38 bits per heavy atom. The van der Waals surface area contributed by atoms with Crippen LogP contribution in [0.5, 0.6) is 5.75 Å². The van der Waals surface area contributed by atoms with Gasteiger partial charge in [0.05, 0.1) is 13.3 Å². The van der Waals surface area contributed by atoms with Crippen molar-refractivity contribution in [3.05, 3.63) is 42.2 Å². The number of sulfonamides is 1. The van der Waals surface area contributed by atoms with Gasteiger partial charge in [-0.2, -0.15) is 9.40 Å². The van der Waals surface area contributed by atoms with Crippen molar-refractivity contribution in [3.8, 4) is 5.75 Å². The van der Waals surface area contributed by atoms with Gasteiger partial charge in [-0.05, 0) is 18.9 Å². The summed E-state index contributed by atoms with van der Waals surface area (Å²) in [6, 6.07) is 7.54. The van der Waals surface area contributed by atoms with Crippen LogP contribution in [0.4, 0.5) is 0 Å². The number of aromatic amines is 1. The van der Waals surface area contributed by atoms with E-state index in [9.17, 15) is 8.42 Å². The number of aromatic nitrogens is 2. The minimum absolute atomic E-state index is 0.0646. The van der Waals surface area contributed by atoms with Crippen LogP contribution in [0.2, 0.25) is 0 Å². The molecule has 7 heteroatoms. The highest BCUT2D eigenvalue weighted by molar-refractivity contribution is 7.89. The molecule has 2 aromatic rings. The molecule has 0 radical (unpaired) electrons. The van der Waals surface area contributed by atoms with E-state index in [1.807, 2.05) is 24.3 Å². The van der Waals surface area contributed by atoms with E-state index in [0.717, 1.165) is 18.4 Å². The van der Waals surface area contributed by atoms with E-state index in [0.29, 0.717) is 12.3 Å². The molecule has 1 aliphatic carbocycles. The predicted octanol–water partition coefficient (Wildman–Crippen LogP) is 1.77. The molecule has 1 aliphatic rings. The van der Waals surface area contributed by atoms with E-state index in [-0.39, 0.29) is 10.9 Å². The molecule has 0 spiro atoms. The Balaban J connectivity index is 1.93. The van der Waals surface area contributed by atoms with Crippen molar-refractivity contribution in [1.29, 1.82) is 0 Å². The van der Waals surface area contributed by atoms with Crippen LogP contribution in [0, 0.1) is 0 Å². The van der Waals surface area contributed by atoms with Crippen molar-refractivity contribution in [2.75, 3.05) is 7.11 Å². The Kier molecular flexibility index (Phi) is 3.69. The van der Waals surface area contributed by atoms with Gasteiger partial charge in [-0.15, -0.1) is 0 Å². The fourth-order valence-corrected chi connectivity index (χ4v) is 3.86. The van der Waals surface area contributed by atoms with Gasteiger partial charge in [0.15, 0.2) is 0 Å². The second kappa shape index (κ2) is 5.50. The zero-order valence-electron chi connectivity index (χ0n) is 11.7. The summed E-state index contributed by atoms with van der Waals surface area (Å²) in [6.45, 7) is 0.308. The standard InChI is InChI=1S/C14H17N3O3S/c1-20-14-5-3-2-4-11(14)10-17(12-6-7-12)21(18,19)13-8-15-16-9-13/h2-5,8-9,12H,6-7,10H2,1H3,(H,15,16). The number of methoxy groups -OCH3 is 1. The van der Waals surface area contributed by atoms with Crippen molar-refractivity contribution < 1.29 is 13.2 Å². The number of rotatable bonds is 6. The zero-order chi connectivity index (χ0) is 14.9. The molecule has 0 bridgehead atoms. The van der Waals surface area contributed by atoms with E-state index in [1.165, 1.54) is 16.7 Å². The van der Waals surface area contributed by atoms with Crippen molar-refractivity contribution in [1.82, 2.24) is 14.5 Å². The largest absolute Gasteiger partial charge is 0.496 e. The van der Waals surface area contributed by atoms with Gasteiger partial charge in [-0.25, -0.2) is 8.42 Å². The first-order valence-electron chi connectivity index (χ1n) is 6.75. The number of nitrogens with one attached hydrogen (secondary N) is 1. The second-order valence-electron chi connectivity index (χ2n) is 5.03. The summed E-state index contributed by atoms with van der Waals surface area (Å²) < 4.78 is 32.3. The van der Waals surface area contributed by atoms with Crippen LogP contribution in [0.1, 0.15) is 18.4 Å². The van der Waals surface area contributed by atoms with E-state index in [2.05, 4.69) is 10.2 Å². The highest BCUT2D eigenvalue weighted by Crippen LogP contribution is 2.34. The lowest BCUT2D eigenvalue weighted by molar-refractivity contribution is 0.374. The summed E-state index contributed by atoms with van der Waals surface area (Å²) in [5.74, 6) is 0.700. The molecule has 1 saturated carbocycles. The molecule has 0 unspecified atom stereocenters. The lowest BCUT2D eigenvalue weighted by Gasteiger charge is -2.22. The number of benzene rings is 1. The lowest BCUT2D eigenvalue weighted by Crippen LogP contribution is -2.32. The monoisotopic (exact) mass is 307 g/mol. The first-order chi connectivity index (χ1) is 10.1. The molecule has 0 atom stereocenters. The van der Waals surface area contributed by atoms with Crippen LogP contribution >= 0.6 is 0 Å². The third kappa shape index (κ3) is 2.79. The number of hydrogen-bond acceptors (Lipinski definition) is 4. The van der Waals surface area contributed by atoms with Gasteiger partial charge in [-0.3, -0.25) is 5.10 Å². The molecular weight excluding hydrogens is 290 g/mol. The van der Waals surface area contributed by atoms with E-state index in [4.69, 9.17) is 4.74 Å². The van der Waals surface area contributed by atoms with E-state index >= 15 is 0 Å². The van der Waals surface area contributed by atoms with Crippen molar-refractivity contribution >= 4 is 10.0 Å². The van der Waals surface area contributed by atoms with Gasteiger partial charge in [0, 0.05) is 24.3 Å². The van der Waals surface area contributed by atoms with Crippen LogP contribution < -0.4 is 4.74 Å². The van der Waals surface area contributed by atoms with Crippen LogP contribution in [-0.4, -0.2) is 36.1 Å². The molecule has 1 aromatic carbocycles. The molecule has 6 nitrogen and oxygen atoms in total. The summed E-state index contributed by atoms with van der Waals surface area (Å²) in [4.78, 5) is 0.198. The number of H-pyrrole nitrogens is 1. The summed E-state index contributed by atoms with van der Waals surface area (Å²) >= 11 is 0. The average molecular weight is 307 g/mol. The predicted molar refractivity (Wildman–Crippen MR) is 77.3 cm³/mol.